The van der Waals surface area contributed by atoms with Gasteiger partial charge in [0.2, 0.25) is 0 Å². The minimum absolute atomic E-state index is 0.162. The van der Waals surface area contributed by atoms with Crippen LogP contribution in [0.3, 0.4) is 0 Å². The lowest BCUT2D eigenvalue weighted by atomic mass is 9.84. The van der Waals surface area contributed by atoms with Gasteiger partial charge < -0.3 is 11.1 Å². The second-order valence-electron chi connectivity index (χ2n) is 5.69. The molecule has 0 aliphatic heterocycles. The summed E-state index contributed by atoms with van der Waals surface area (Å²) >= 11 is 3.47. The van der Waals surface area contributed by atoms with E-state index < -0.39 is 0 Å². The van der Waals surface area contributed by atoms with Crippen molar-refractivity contribution in [2.24, 2.45) is 5.73 Å². The smallest absolute Gasteiger partial charge is 0.0175 e. The quantitative estimate of drug-likeness (QED) is 0.757. The molecule has 0 fully saturated rings. The Bertz CT molecular complexity index is 344. The summed E-state index contributed by atoms with van der Waals surface area (Å²) in [5.41, 5.74) is 7.26. The van der Waals surface area contributed by atoms with Crippen molar-refractivity contribution < 1.29 is 0 Å². The first-order valence-corrected chi connectivity index (χ1v) is 7.43. The van der Waals surface area contributed by atoms with Gasteiger partial charge in [-0.15, -0.1) is 0 Å². The largest absolute Gasteiger partial charge is 0.328 e. The summed E-state index contributed by atoms with van der Waals surface area (Å²) in [6.45, 7) is 8.64. The van der Waals surface area contributed by atoms with Crippen molar-refractivity contribution in [2.75, 3.05) is 13.1 Å². The summed E-state index contributed by atoms with van der Waals surface area (Å²) in [6, 6.07) is 8.90. The lowest BCUT2D eigenvalue weighted by Gasteiger charge is -2.26. The van der Waals surface area contributed by atoms with Crippen molar-refractivity contribution in [3.05, 3.63) is 34.3 Å². The van der Waals surface area contributed by atoms with Crippen molar-refractivity contribution in [1.29, 1.82) is 0 Å². The molecule has 0 bridgehead atoms. The fourth-order valence-electron chi connectivity index (χ4n) is 1.95. The molecule has 0 aromatic heterocycles. The lowest BCUT2D eigenvalue weighted by molar-refractivity contribution is 0.458. The maximum atomic E-state index is 5.73. The third-order valence-electron chi connectivity index (χ3n) is 3.21. The zero-order valence-corrected chi connectivity index (χ0v) is 13.3. The molecule has 0 saturated carbocycles. The average molecular weight is 313 g/mol. The molecule has 0 radical (unpaired) electrons. The van der Waals surface area contributed by atoms with Gasteiger partial charge in [-0.3, -0.25) is 0 Å². The second kappa shape index (κ2) is 7.27. The molecule has 0 aliphatic rings. The van der Waals surface area contributed by atoms with E-state index in [1.807, 2.05) is 0 Å². The summed E-state index contributed by atoms with van der Waals surface area (Å²) in [6.07, 6.45) is 2.24. The van der Waals surface area contributed by atoms with E-state index in [1.165, 1.54) is 5.56 Å². The van der Waals surface area contributed by atoms with Crippen LogP contribution in [0.5, 0.6) is 0 Å². The average Bonchev–Trinajstić information content (AvgIpc) is 2.28. The minimum Gasteiger partial charge on any atom is -0.328 e. The van der Waals surface area contributed by atoms with E-state index in [0.717, 1.165) is 30.4 Å². The third-order valence-corrected chi connectivity index (χ3v) is 3.73. The molecule has 2 nitrogen and oxygen atoms in total. The van der Waals surface area contributed by atoms with Crippen LogP contribution in [0.1, 0.15) is 39.2 Å². The first-order chi connectivity index (χ1) is 8.42. The van der Waals surface area contributed by atoms with Gasteiger partial charge in [0.1, 0.15) is 0 Å². The Labute approximate surface area is 119 Å². The lowest BCUT2D eigenvalue weighted by Crippen LogP contribution is -2.33. The summed E-state index contributed by atoms with van der Waals surface area (Å²) in [4.78, 5) is 0. The molecule has 1 aromatic rings. The van der Waals surface area contributed by atoms with Crippen LogP contribution in [0.2, 0.25) is 0 Å². The molecule has 3 heteroatoms. The highest BCUT2D eigenvalue weighted by molar-refractivity contribution is 9.10. The Kier molecular flexibility index (Phi) is 6.33. The summed E-state index contributed by atoms with van der Waals surface area (Å²) in [5.74, 6) is 0. The van der Waals surface area contributed by atoms with Crippen LogP contribution in [0.15, 0.2) is 28.7 Å². The van der Waals surface area contributed by atoms with Crippen LogP contribution < -0.4 is 11.1 Å². The Balaban J connectivity index is 2.37. The van der Waals surface area contributed by atoms with Crippen molar-refractivity contribution in [1.82, 2.24) is 5.32 Å². The van der Waals surface area contributed by atoms with E-state index >= 15 is 0 Å². The number of rotatable bonds is 7. The predicted octanol–water partition coefficient (Wildman–Crippen LogP) is 3.44. The number of hydrogen-bond donors (Lipinski definition) is 2. The molecule has 18 heavy (non-hydrogen) atoms. The number of nitrogens with one attached hydrogen (secondary N) is 1. The third kappa shape index (κ3) is 5.51. The monoisotopic (exact) mass is 312 g/mol. The zero-order chi connectivity index (χ0) is 13.6. The fraction of sp³-hybridized carbons (Fsp3) is 0.600. The van der Waals surface area contributed by atoms with E-state index in [4.69, 9.17) is 5.73 Å². The van der Waals surface area contributed by atoms with Gasteiger partial charge in [-0.25, -0.2) is 0 Å². The fourth-order valence-corrected chi connectivity index (χ4v) is 2.22. The molecule has 0 amide bonds. The molecular formula is C15H25BrN2. The Morgan fingerprint density at radius 2 is 1.89 bits per heavy atom. The Morgan fingerprint density at radius 1 is 1.28 bits per heavy atom. The zero-order valence-electron chi connectivity index (χ0n) is 11.7. The van der Waals surface area contributed by atoms with Crippen LogP contribution in [0.25, 0.3) is 0 Å². The van der Waals surface area contributed by atoms with E-state index in [1.54, 1.807) is 0 Å². The SMILES string of the molecule is CC(N)CCCNCC(C)(C)c1ccc(Br)cc1. The summed E-state index contributed by atoms with van der Waals surface area (Å²) < 4.78 is 1.13. The Morgan fingerprint density at radius 3 is 2.44 bits per heavy atom. The molecule has 1 atom stereocenters. The number of nitrogens with two attached hydrogens (primary N) is 1. The van der Waals surface area contributed by atoms with Crippen molar-refractivity contribution in [2.45, 2.75) is 45.1 Å². The minimum atomic E-state index is 0.162. The Hall–Kier alpha value is -0.380. The maximum absolute atomic E-state index is 5.73. The van der Waals surface area contributed by atoms with Crippen molar-refractivity contribution in [3.8, 4) is 0 Å². The van der Waals surface area contributed by atoms with Crippen LogP contribution >= 0.6 is 15.9 Å². The van der Waals surface area contributed by atoms with E-state index in [2.05, 4.69) is 66.3 Å². The van der Waals surface area contributed by atoms with Gasteiger partial charge >= 0.3 is 0 Å². The van der Waals surface area contributed by atoms with Gasteiger partial charge in [0.15, 0.2) is 0 Å². The molecule has 0 saturated heterocycles. The highest BCUT2D eigenvalue weighted by Gasteiger charge is 2.19. The van der Waals surface area contributed by atoms with Gasteiger partial charge in [-0.2, -0.15) is 0 Å². The number of benzene rings is 1. The molecule has 1 aromatic carbocycles. The normalized spacial score (nSPS) is 13.6. The van der Waals surface area contributed by atoms with Gasteiger partial charge in [0.05, 0.1) is 0 Å². The molecule has 0 heterocycles. The highest BCUT2D eigenvalue weighted by Crippen LogP contribution is 2.23. The molecule has 0 aliphatic carbocycles. The summed E-state index contributed by atoms with van der Waals surface area (Å²) in [7, 11) is 0. The molecule has 3 N–H and O–H groups in total. The number of halogens is 1. The van der Waals surface area contributed by atoms with Crippen molar-refractivity contribution in [3.63, 3.8) is 0 Å². The second-order valence-corrected chi connectivity index (χ2v) is 6.60. The van der Waals surface area contributed by atoms with Gasteiger partial charge in [-0.1, -0.05) is 41.9 Å². The van der Waals surface area contributed by atoms with Crippen LogP contribution in [0, 0.1) is 0 Å². The van der Waals surface area contributed by atoms with Gasteiger partial charge in [-0.05, 0) is 44.0 Å². The maximum Gasteiger partial charge on any atom is 0.0175 e. The molecule has 1 unspecified atom stereocenters. The topological polar surface area (TPSA) is 38.0 Å². The molecule has 0 spiro atoms. The first-order valence-electron chi connectivity index (χ1n) is 6.64. The van der Waals surface area contributed by atoms with Gasteiger partial charge in [0.25, 0.3) is 0 Å². The van der Waals surface area contributed by atoms with Gasteiger partial charge in [0, 0.05) is 22.5 Å². The highest BCUT2D eigenvalue weighted by atomic mass is 79.9. The van der Waals surface area contributed by atoms with E-state index in [0.29, 0.717) is 6.04 Å². The predicted molar refractivity (Wildman–Crippen MR) is 82.9 cm³/mol. The van der Waals surface area contributed by atoms with Crippen LogP contribution in [0.4, 0.5) is 0 Å². The summed E-state index contributed by atoms with van der Waals surface area (Å²) in [5, 5.41) is 3.53. The van der Waals surface area contributed by atoms with Crippen molar-refractivity contribution >= 4 is 15.9 Å². The van der Waals surface area contributed by atoms with Crippen LogP contribution in [-0.4, -0.2) is 19.1 Å². The molecule has 1 rings (SSSR count). The molecular weight excluding hydrogens is 288 g/mol. The standard InChI is InChI=1S/C15H25BrN2/c1-12(17)5-4-10-18-11-15(2,3)13-6-8-14(16)9-7-13/h6-9,12,18H,4-5,10-11,17H2,1-3H3. The van der Waals surface area contributed by atoms with E-state index in [9.17, 15) is 0 Å². The van der Waals surface area contributed by atoms with Crippen LogP contribution in [-0.2, 0) is 5.41 Å². The number of hydrogen-bond acceptors (Lipinski definition) is 2. The first kappa shape index (κ1) is 15.7. The molecule has 102 valence electrons. The van der Waals surface area contributed by atoms with E-state index in [-0.39, 0.29) is 5.41 Å².